The number of thioether (sulfide) groups is 1. The van der Waals surface area contributed by atoms with Crippen LogP contribution in [0.4, 0.5) is 0 Å². The van der Waals surface area contributed by atoms with Crippen molar-refractivity contribution in [3.8, 4) is 5.75 Å². The van der Waals surface area contributed by atoms with Crippen LogP contribution in [0.3, 0.4) is 0 Å². The van der Waals surface area contributed by atoms with Crippen molar-refractivity contribution >= 4 is 28.0 Å². The van der Waals surface area contributed by atoms with Gasteiger partial charge in [0.15, 0.2) is 5.17 Å². The molecule has 0 radical (unpaired) electrons. The molecule has 2 N–H and O–H groups in total. The number of nitrogens with one attached hydrogen (secondary N) is 1. The molecular formula is C12H15N3O3S. The molecule has 2 aromatic rings. The number of fused-ring (bicyclic) bond motifs is 1. The fourth-order valence-electron chi connectivity index (χ4n) is 1.94. The minimum Gasteiger partial charge on any atom is -0.489 e. The minimum absolute atomic E-state index is 0.0916. The second kappa shape index (κ2) is 5.50. The van der Waals surface area contributed by atoms with Gasteiger partial charge in [0.05, 0.1) is 12.1 Å². The summed E-state index contributed by atoms with van der Waals surface area (Å²) in [6, 6.07) is 5.27. The van der Waals surface area contributed by atoms with Gasteiger partial charge in [-0.05, 0) is 18.4 Å². The third-order valence-corrected chi connectivity index (χ3v) is 3.35. The zero-order valence-corrected chi connectivity index (χ0v) is 11.5. The van der Waals surface area contributed by atoms with E-state index >= 15 is 0 Å². The van der Waals surface area contributed by atoms with E-state index in [4.69, 9.17) is 15.3 Å². The predicted molar refractivity (Wildman–Crippen MR) is 76.4 cm³/mol. The third kappa shape index (κ3) is 2.26. The van der Waals surface area contributed by atoms with Crippen LogP contribution in [-0.2, 0) is 7.05 Å². The first-order valence-corrected chi connectivity index (χ1v) is 6.91. The van der Waals surface area contributed by atoms with E-state index in [2.05, 4.69) is 0 Å². The molecule has 0 fully saturated rings. The molecule has 0 aliphatic carbocycles. The Morgan fingerprint density at radius 3 is 2.89 bits per heavy atom. The van der Waals surface area contributed by atoms with Gasteiger partial charge < -0.3 is 9.84 Å². The van der Waals surface area contributed by atoms with Crippen LogP contribution in [0, 0.1) is 5.41 Å². The first-order valence-electron chi connectivity index (χ1n) is 5.68. The molecule has 6 nitrogen and oxygen atoms in total. The monoisotopic (exact) mass is 281 g/mol. The summed E-state index contributed by atoms with van der Waals surface area (Å²) >= 11 is 1.20. The summed E-state index contributed by atoms with van der Waals surface area (Å²) in [5.74, 6) is 0.527. The van der Waals surface area contributed by atoms with Gasteiger partial charge in [-0.1, -0.05) is 17.8 Å². The SMILES string of the molecule is CSC(=N)n1c(=O)n(C)c2c(OCCO)cccc21. The Labute approximate surface area is 114 Å². The lowest BCUT2D eigenvalue weighted by molar-refractivity contribution is 0.202. The van der Waals surface area contributed by atoms with Crippen LogP contribution in [0.15, 0.2) is 23.0 Å². The number of aliphatic hydroxyl groups excluding tert-OH is 1. The van der Waals surface area contributed by atoms with Crippen LogP contribution in [0.2, 0.25) is 0 Å². The molecule has 0 unspecified atom stereocenters. The highest BCUT2D eigenvalue weighted by Gasteiger charge is 2.16. The second-order valence-corrected chi connectivity index (χ2v) is 4.68. The van der Waals surface area contributed by atoms with E-state index in [9.17, 15) is 4.79 Å². The molecule has 0 aliphatic heterocycles. The molecule has 7 heteroatoms. The Balaban J connectivity index is 2.71. The maximum Gasteiger partial charge on any atom is 0.335 e. The van der Waals surface area contributed by atoms with E-state index in [1.165, 1.54) is 20.9 Å². The number of aliphatic hydroxyl groups is 1. The molecule has 19 heavy (non-hydrogen) atoms. The molecule has 0 spiro atoms. The van der Waals surface area contributed by atoms with E-state index in [1.807, 2.05) is 0 Å². The first kappa shape index (κ1) is 13.7. The van der Waals surface area contributed by atoms with E-state index in [0.29, 0.717) is 16.8 Å². The lowest BCUT2D eigenvalue weighted by Crippen LogP contribution is -2.25. The highest BCUT2D eigenvalue weighted by molar-refractivity contribution is 8.13. The number of hydrogen-bond donors (Lipinski definition) is 2. The maximum absolute atomic E-state index is 12.2. The fourth-order valence-corrected chi connectivity index (χ4v) is 2.30. The number of imidazole rings is 1. The smallest absolute Gasteiger partial charge is 0.335 e. The molecule has 0 amide bonds. The highest BCUT2D eigenvalue weighted by atomic mass is 32.2. The Hall–Kier alpha value is -1.73. The second-order valence-electron chi connectivity index (χ2n) is 3.88. The third-order valence-electron chi connectivity index (χ3n) is 2.78. The van der Waals surface area contributed by atoms with Gasteiger partial charge in [0.25, 0.3) is 0 Å². The summed E-state index contributed by atoms with van der Waals surface area (Å²) < 4.78 is 8.22. The number of benzene rings is 1. The Morgan fingerprint density at radius 1 is 1.53 bits per heavy atom. The number of ether oxygens (including phenoxy) is 1. The summed E-state index contributed by atoms with van der Waals surface area (Å²) in [5, 5.41) is 16.8. The van der Waals surface area contributed by atoms with Gasteiger partial charge in [0.1, 0.15) is 17.9 Å². The van der Waals surface area contributed by atoms with Crippen molar-refractivity contribution in [2.75, 3.05) is 19.5 Å². The molecule has 1 aromatic heterocycles. The zero-order valence-electron chi connectivity index (χ0n) is 10.7. The summed E-state index contributed by atoms with van der Waals surface area (Å²) in [6.45, 7) is 0.0735. The van der Waals surface area contributed by atoms with E-state index in [-0.39, 0.29) is 24.1 Å². The van der Waals surface area contributed by atoms with Gasteiger partial charge in [-0.25, -0.2) is 9.36 Å². The van der Waals surface area contributed by atoms with Crippen LogP contribution in [0.25, 0.3) is 11.0 Å². The Bertz CT molecular complexity index is 675. The van der Waals surface area contributed by atoms with Crippen LogP contribution >= 0.6 is 11.8 Å². The summed E-state index contributed by atoms with van der Waals surface area (Å²) in [6.07, 6.45) is 1.75. The standard InChI is InChI=1S/C12H15N3O3S/c1-14-10-8(15(12(14)17)11(13)19-2)4-3-5-9(10)18-7-6-16/h3-5,13,16H,6-7H2,1-2H3. The van der Waals surface area contributed by atoms with Gasteiger partial charge in [-0.15, -0.1) is 0 Å². The molecule has 2 rings (SSSR count). The number of hydrogen-bond acceptors (Lipinski definition) is 5. The average Bonchev–Trinajstić information content (AvgIpc) is 2.68. The van der Waals surface area contributed by atoms with Crippen molar-refractivity contribution < 1.29 is 9.84 Å². The molecule has 0 saturated heterocycles. The molecule has 0 saturated carbocycles. The first-order chi connectivity index (χ1) is 9.11. The average molecular weight is 281 g/mol. The molecule has 0 aliphatic rings. The van der Waals surface area contributed by atoms with Crippen LogP contribution in [-0.4, -0.2) is 38.9 Å². The minimum atomic E-state index is -0.283. The molecule has 1 aromatic carbocycles. The highest BCUT2D eigenvalue weighted by Crippen LogP contribution is 2.25. The Kier molecular flexibility index (Phi) is 3.96. The van der Waals surface area contributed by atoms with Crippen LogP contribution in [0.5, 0.6) is 5.75 Å². The molecular weight excluding hydrogens is 266 g/mol. The van der Waals surface area contributed by atoms with Crippen LogP contribution < -0.4 is 10.4 Å². The van der Waals surface area contributed by atoms with Crippen molar-refractivity contribution in [1.29, 1.82) is 5.41 Å². The van der Waals surface area contributed by atoms with Crippen molar-refractivity contribution in [1.82, 2.24) is 9.13 Å². The van der Waals surface area contributed by atoms with Gasteiger partial charge >= 0.3 is 5.69 Å². The van der Waals surface area contributed by atoms with Crippen molar-refractivity contribution in [2.45, 2.75) is 0 Å². The predicted octanol–water partition coefficient (Wildman–Crippen LogP) is 0.857. The lowest BCUT2D eigenvalue weighted by Gasteiger charge is -2.07. The van der Waals surface area contributed by atoms with Crippen molar-refractivity contribution in [3.63, 3.8) is 0 Å². The van der Waals surface area contributed by atoms with Crippen molar-refractivity contribution in [2.24, 2.45) is 7.05 Å². The molecule has 0 bridgehead atoms. The molecule has 102 valence electrons. The summed E-state index contributed by atoms with van der Waals surface area (Å²) in [4.78, 5) is 12.2. The summed E-state index contributed by atoms with van der Waals surface area (Å²) in [5.41, 5.74) is 0.969. The van der Waals surface area contributed by atoms with Crippen LogP contribution in [0.1, 0.15) is 0 Å². The van der Waals surface area contributed by atoms with E-state index in [1.54, 1.807) is 31.5 Å². The number of aromatic nitrogens is 2. The van der Waals surface area contributed by atoms with Gasteiger partial charge in [0.2, 0.25) is 0 Å². The fraction of sp³-hybridized carbons (Fsp3) is 0.333. The zero-order chi connectivity index (χ0) is 14.0. The van der Waals surface area contributed by atoms with E-state index < -0.39 is 0 Å². The topological polar surface area (TPSA) is 80.2 Å². The van der Waals surface area contributed by atoms with E-state index in [0.717, 1.165) is 0 Å². The van der Waals surface area contributed by atoms with Gasteiger partial charge in [-0.2, -0.15) is 0 Å². The molecule has 0 atom stereocenters. The largest absolute Gasteiger partial charge is 0.489 e. The number of nitrogens with zero attached hydrogens (tertiary/aromatic N) is 2. The lowest BCUT2D eigenvalue weighted by atomic mass is 10.3. The number of para-hydroxylation sites is 1. The molecule has 1 heterocycles. The van der Waals surface area contributed by atoms with Gasteiger partial charge in [0, 0.05) is 7.05 Å². The maximum atomic E-state index is 12.2. The summed E-state index contributed by atoms with van der Waals surface area (Å²) in [7, 11) is 1.64. The quantitative estimate of drug-likeness (QED) is 0.646. The number of aryl methyl sites for hydroxylation is 1. The van der Waals surface area contributed by atoms with Crippen molar-refractivity contribution in [3.05, 3.63) is 28.7 Å². The Morgan fingerprint density at radius 2 is 2.26 bits per heavy atom. The van der Waals surface area contributed by atoms with Gasteiger partial charge in [-0.3, -0.25) is 9.98 Å². The number of rotatable bonds is 3. The normalized spacial score (nSPS) is 10.9.